The highest BCUT2D eigenvalue weighted by Crippen LogP contribution is 2.15. The molecule has 0 aliphatic rings. The van der Waals surface area contributed by atoms with Gasteiger partial charge in [0.15, 0.2) is 4.21 Å². The largest absolute Gasteiger partial charge is 0.319 e. The fraction of sp³-hybridized carbons (Fsp3) is 0.667. The van der Waals surface area contributed by atoms with Gasteiger partial charge in [-0.15, -0.1) is 0 Å². The van der Waals surface area contributed by atoms with Gasteiger partial charge < -0.3 is 10.3 Å². The summed E-state index contributed by atoms with van der Waals surface area (Å²) in [5.41, 5.74) is 0.383. The van der Waals surface area contributed by atoms with Crippen LogP contribution in [-0.4, -0.2) is 33.5 Å². The minimum absolute atomic E-state index is 0.0687. The number of nitrogens with one attached hydrogen (secondary N) is 3. The molecule has 1 heterocycles. The molecule has 98 valence electrons. The van der Waals surface area contributed by atoms with Gasteiger partial charge in [0.25, 0.3) is 10.0 Å². The number of hydrogen-bond acceptors (Lipinski definition) is 5. The molecule has 0 spiro atoms. The molecule has 1 aromatic heterocycles. The van der Waals surface area contributed by atoms with Gasteiger partial charge in [-0.2, -0.15) is 0 Å². The Morgan fingerprint density at radius 3 is 2.53 bits per heavy atom. The summed E-state index contributed by atoms with van der Waals surface area (Å²) in [6.07, 6.45) is 0. The van der Waals surface area contributed by atoms with Crippen LogP contribution in [0.4, 0.5) is 0 Å². The first-order valence-electron chi connectivity index (χ1n) is 5.20. The number of aryl methyl sites for hydroxylation is 1. The van der Waals surface area contributed by atoms with Crippen LogP contribution in [0.2, 0.25) is 0 Å². The molecule has 1 unspecified atom stereocenters. The summed E-state index contributed by atoms with van der Waals surface area (Å²) < 4.78 is 26.4. The van der Waals surface area contributed by atoms with Crippen molar-refractivity contribution in [2.45, 2.75) is 18.1 Å². The number of aromatic amines is 1. The maximum Gasteiger partial charge on any atom is 0.305 e. The van der Waals surface area contributed by atoms with Gasteiger partial charge in [-0.3, -0.25) is 4.79 Å². The molecule has 1 aromatic rings. The van der Waals surface area contributed by atoms with E-state index in [1.807, 2.05) is 14.0 Å². The van der Waals surface area contributed by atoms with Crippen LogP contribution < -0.4 is 14.9 Å². The van der Waals surface area contributed by atoms with Gasteiger partial charge in [-0.25, -0.2) is 13.1 Å². The fourth-order valence-corrected chi connectivity index (χ4v) is 3.89. The minimum Gasteiger partial charge on any atom is -0.319 e. The molecule has 0 radical (unpaired) electrons. The Bertz CT molecular complexity index is 518. The van der Waals surface area contributed by atoms with Crippen molar-refractivity contribution in [2.75, 3.05) is 20.1 Å². The topological polar surface area (TPSA) is 91.1 Å². The molecule has 0 aromatic carbocycles. The first kappa shape index (κ1) is 14.4. The summed E-state index contributed by atoms with van der Waals surface area (Å²) >= 11 is 0.709. The van der Waals surface area contributed by atoms with Crippen LogP contribution in [0.5, 0.6) is 0 Å². The molecular formula is C9H17N3O3S2. The molecule has 8 heteroatoms. The normalized spacial score (nSPS) is 13.8. The van der Waals surface area contributed by atoms with Crippen LogP contribution >= 0.6 is 11.3 Å². The third-order valence-corrected chi connectivity index (χ3v) is 5.23. The van der Waals surface area contributed by atoms with E-state index >= 15 is 0 Å². The van der Waals surface area contributed by atoms with Crippen molar-refractivity contribution in [3.05, 3.63) is 15.4 Å². The van der Waals surface area contributed by atoms with Crippen LogP contribution in [-0.2, 0) is 10.0 Å². The van der Waals surface area contributed by atoms with Crippen molar-refractivity contribution in [1.29, 1.82) is 0 Å². The van der Waals surface area contributed by atoms with Crippen molar-refractivity contribution in [2.24, 2.45) is 5.92 Å². The maximum atomic E-state index is 11.9. The second-order valence-electron chi connectivity index (χ2n) is 3.94. The standard InChI is InChI=1S/C9H17N3O3S2/c1-6(4-10-3)5-11-17(14,15)8-7(2)12-9(13)16-8/h6,10-11H,4-5H2,1-3H3,(H,12,13). The summed E-state index contributed by atoms with van der Waals surface area (Å²) in [5, 5.41) is 2.97. The first-order chi connectivity index (χ1) is 7.86. The monoisotopic (exact) mass is 279 g/mol. The van der Waals surface area contributed by atoms with Gasteiger partial charge in [0.2, 0.25) is 0 Å². The van der Waals surface area contributed by atoms with E-state index in [0.29, 0.717) is 23.6 Å². The summed E-state index contributed by atoms with van der Waals surface area (Å²) in [6, 6.07) is 0. The molecule has 0 fully saturated rings. The number of thiazole rings is 1. The molecule has 0 aliphatic heterocycles. The fourth-order valence-electron chi connectivity index (χ4n) is 1.38. The lowest BCUT2D eigenvalue weighted by Crippen LogP contribution is -2.32. The molecule has 0 amide bonds. The number of hydrogen-bond donors (Lipinski definition) is 3. The number of sulfonamides is 1. The average molecular weight is 279 g/mol. The van der Waals surface area contributed by atoms with Crippen LogP contribution in [0.3, 0.4) is 0 Å². The van der Waals surface area contributed by atoms with E-state index in [-0.39, 0.29) is 15.0 Å². The molecule has 17 heavy (non-hydrogen) atoms. The quantitative estimate of drug-likeness (QED) is 0.677. The second kappa shape index (κ2) is 5.76. The molecule has 0 aliphatic carbocycles. The van der Waals surface area contributed by atoms with Crippen molar-refractivity contribution >= 4 is 21.4 Å². The number of H-pyrrole nitrogens is 1. The third kappa shape index (κ3) is 3.91. The van der Waals surface area contributed by atoms with Crippen molar-refractivity contribution < 1.29 is 8.42 Å². The van der Waals surface area contributed by atoms with Crippen LogP contribution in [0.25, 0.3) is 0 Å². The van der Waals surface area contributed by atoms with Crippen molar-refractivity contribution in [1.82, 2.24) is 15.0 Å². The minimum atomic E-state index is -3.57. The van der Waals surface area contributed by atoms with Crippen molar-refractivity contribution in [3.8, 4) is 0 Å². The van der Waals surface area contributed by atoms with Crippen LogP contribution in [0.15, 0.2) is 9.00 Å². The summed E-state index contributed by atoms with van der Waals surface area (Å²) in [7, 11) is -1.76. The molecule has 6 nitrogen and oxygen atoms in total. The molecule has 0 saturated carbocycles. The predicted molar refractivity (Wildman–Crippen MR) is 68.0 cm³/mol. The summed E-state index contributed by atoms with van der Waals surface area (Å²) in [6.45, 7) is 4.58. The summed E-state index contributed by atoms with van der Waals surface area (Å²) in [5.74, 6) is 0.186. The van der Waals surface area contributed by atoms with Gasteiger partial charge in [0, 0.05) is 12.2 Å². The second-order valence-corrected chi connectivity index (χ2v) is 6.89. The van der Waals surface area contributed by atoms with Gasteiger partial charge in [-0.05, 0) is 26.4 Å². The Labute approximate surface area is 105 Å². The van der Waals surface area contributed by atoms with E-state index in [0.717, 1.165) is 6.54 Å². The molecule has 0 saturated heterocycles. The zero-order valence-electron chi connectivity index (χ0n) is 10.0. The van der Waals surface area contributed by atoms with Gasteiger partial charge in [-0.1, -0.05) is 18.3 Å². The number of rotatable bonds is 6. The van der Waals surface area contributed by atoms with E-state index in [1.54, 1.807) is 6.92 Å². The van der Waals surface area contributed by atoms with E-state index in [9.17, 15) is 13.2 Å². The molecule has 0 bridgehead atoms. The van der Waals surface area contributed by atoms with Crippen LogP contribution in [0.1, 0.15) is 12.6 Å². The molecular weight excluding hydrogens is 262 g/mol. The zero-order valence-corrected chi connectivity index (χ0v) is 11.7. The first-order valence-corrected chi connectivity index (χ1v) is 7.50. The molecule has 1 atom stereocenters. The Kier molecular flexibility index (Phi) is 4.87. The highest BCUT2D eigenvalue weighted by molar-refractivity contribution is 7.91. The smallest absolute Gasteiger partial charge is 0.305 e. The Hall–Kier alpha value is -0.700. The SMILES string of the molecule is CNCC(C)CNS(=O)(=O)c1sc(=O)[nH]c1C. The maximum absolute atomic E-state index is 11.9. The van der Waals surface area contributed by atoms with Gasteiger partial charge in [0.1, 0.15) is 0 Å². The number of aromatic nitrogens is 1. The molecule has 3 N–H and O–H groups in total. The average Bonchev–Trinajstić information content (AvgIpc) is 2.56. The predicted octanol–water partition coefficient (Wildman–Crippen LogP) is -0.121. The lowest BCUT2D eigenvalue weighted by Gasteiger charge is -2.11. The molecule has 1 rings (SSSR count). The van der Waals surface area contributed by atoms with Gasteiger partial charge in [0.05, 0.1) is 0 Å². The van der Waals surface area contributed by atoms with E-state index in [4.69, 9.17) is 0 Å². The van der Waals surface area contributed by atoms with Gasteiger partial charge >= 0.3 is 4.87 Å². The van der Waals surface area contributed by atoms with Crippen molar-refractivity contribution in [3.63, 3.8) is 0 Å². The highest BCUT2D eigenvalue weighted by Gasteiger charge is 2.20. The lowest BCUT2D eigenvalue weighted by atomic mass is 10.2. The Morgan fingerprint density at radius 1 is 1.41 bits per heavy atom. The lowest BCUT2D eigenvalue weighted by molar-refractivity contribution is 0.519. The van der Waals surface area contributed by atoms with E-state index in [1.165, 1.54) is 0 Å². The van der Waals surface area contributed by atoms with Crippen LogP contribution in [0, 0.1) is 12.8 Å². The van der Waals surface area contributed by atoms with E-state index < -0.39 is 10.0 Å². The van der Waals surface area contributed by atoms with E-state index in [2.05, 4.69) is 15.0 Å². The third-order valence-electron chi connectivity index (χ3n) is 2.20. The Balaban J connectivity index is 2.76. The summed E-state index contributed by atoms with van der Waals surface area (Å²) in [4.78, 5) is 13.2. The zero-order chi connectivity index (χ0) is 13.1. The Morgan fingerprint density at radius 2 is 2.06 bits per heavy atom. The highest BCUT2D eigenvalue weighted by atomic mass is 32.2.